The molecule has 1 fully saturated rings. The van der Waals surface area contributed by atoms with E-state index in [1.807, 2.05) is 45.2 Å². The van der Waals surface area contributed by atoms with Crippen molar-refractivity contribution in [3.63, 3.8) is 0 Å². The van der Waals surface area contributed by atoms with Crippen LogP contribution in [-0.4, -0.2) is 42.1 Å². The number of ether oxygens (including phenoxy) is 1. The molecule has 7 nitrogen and oxygen atoms in total. The Labute approximate surface area is 196 Å². The molecular weight excluding hydrogens is 418 g/mol. The van der Waals surface area contributed by atoms with Gasteiger partial charge in [0.15, 0.2) is 0 Å². The van der Waals surface area contributed by atoms with Crippen LogP contribution in [0.2, 0.25) is 0 Å². The summed E-state index contributed by atoms with van der Waals surface area (Å²) in [7, 11) is 0. The molecule has 1 saturated heterocycles. The van der Waals surface area contributed by atoms with E-state index in [1.54, 1.807) is 11.8 Å². The summed E-state index contributed by atoms with van der Waals surface area (Å²) in [6.45, 7) is 10.4. The van der Waals surface area contributed by atoms with Crippen molar-refractivity contribution in [2.75, 3.05) is 18.0 Å². The summed E-state index contributed by atoms with van der Waals surface area (Å²) in [5.41, 5.74) is 3.81. The van der Waals surface area contributed by atoms with Crippen LogP contribution in [0.4, 0.5) is 10.5 Å². The van der Waals surface area contributed by atoms with E-state index < -0.39 is 6.09 Å². The lowest BCUT2D eigenvalue weighted by Gasteiger charge is -2.39. The number of rotatable bonds is 5. The Balaban J connectivity index is 1.61. The van der Waals surface area contributed by atoms with Crippen molar-refractivity contribution in [3.05, 3.63) is 41.7 Å². The summed E-state index contributed by atoms with van der Waals surface area (Å²) in [6, 6.07) is 7.78. The first-order valence-corrected chi connectivity index (χ1v) is 12.0. The van der Waals surface area contributed by atoms with Crippen LogP contribution in [0, 0.1) is 0 Å². The molecule has 1 aromatic carbocycles. The minimum atomic E-state index is -0.448. The Hall–Kier alpha value is -2.80. The molecule has 33 heavy (non-hydrogen) atoms. The second kappa shape index (κ2) is 10.00. The first kappa shape index (κ1) is 23.4. The van der Waals surface area contributed by atoms with Crippen LogP contribution in [0.5, 0.6) is 0 Å². The Kier molecular flexibility index (Phi) is 7.08. The Morgan fingerprint density at radius 2 is 1.94 bits per heavy atom. The van der Waals surface area contributed by atoms with Crippen LogP contribution in [0.25, 0.3) is 11.3 Å². The summed E-state index contributed by atoms with van der Waals surface area (Å²) in [4.78, 5) is 29.0. The summed E-state index contributed by atoms with van der Waals surface area (Å²) in [5.74, 6) is 0.780. The van der Waals surface area contributed by atoms with Gasteiger partial charge in [-0.05, 0) is 83.0 Å². The summed E-state index contributed by atoms with van der Waals surface area (Å²) in [6.07, 6.45) is 5.63. The molecule has 0 saturated carbocycles. The van der Waals surface area contributed by atoms with Gasteiger partial charge in [0.25, 0.3) is 0 Å². The fourth-order valence-electron chi connectivity index (χ4n) is 5.01. The number of nitrogens with zero attached hydrogens (tertiary/aromatic N) is 2. The Bertz CT molecular complexity index is 993. The van der Waals surface area contributed by atoms with Crippen molar-refractivity contribution in [2.24, 2.45) is 0 Å². The molecule has 2 aliphatic heterocycles. The maximum Gasteiger partial charge on any atom is 0.407 e. The SMILES string of the molecule is CC(=O)N1c2ccc(-c3cc(CN4CCCCC4)co3)cc2C(NC(=O)OC(C)C)CC1C. The highest BCUT2D eigenvalue weighted by molar-refractivity contribution is 5.94. The number of furan rings is 1. The number of benzene rings is 1. The van der Waals surface area contributed by atoms with E-state index in [0.717, 1.165) is 42.2 Å². The van der Waals surface area contributed by atoms with Crippen molar-refractivity contribution in [1.82, 2.24) is 10.2 Å². The van der Waals surface area contributed by atoms with Crippen molar-refractivity contribution in [1.29, 1.82) is 0 Å². The zero-order valence-electron chi connectivity index (χ0n) is 20.1. The maximum atomic E-state index is 12.4. The van der Waals surface area contributed by atoms with Crippen molar-refractivity contribution < 1.29 is 18.7 Å². The van der Waals surface area contributed by atoms with Gasteiger partial charge in [-0.1, -0.05) is 6.42 Å². The quantitative estimate of drug-likeness (QED) is 0.669. The summed E-state index contributed by atoms with van der Waals surface area (Å²) in [5, 5.41) is 3.00. The number of piperidine rings is 1. The predicted octanol–water partition coefficient (Wildman–Crippen LogP) is 5.25. The number of amides is 2. The average molecular weight is 454 g/mol. The van der Waals surface area contributed by atoms with Gasteiger partial charge in [-0.15, -0.1) is 0 Å². The molecule has 1 N–H and O–H groups in total. The smallest absolute Gasteiger partial charge is 0.407 e. The molecule has 2 aliphatic rings. The molecule has 0 bridgehead atoms. The third-order valence-corrected chi connectivity index (χ3v) is 6.45. The molecule has 2 aromatic rings. The Morgan fingerprint density at radius 3 is 2.64 bits per heavy atom. The third kappa shape index (κ3) is 5.41. The second-order valence-electron chi connectivity index (χ2n) is 9.55. The average Bonchev–Trinajstić information content (AvgIpc) is 3.22. The van der Waals surface area contributed by atoms with Crippen LogP contribution in [0.15, 0.2) is 34.9 Å². The lowest BCUT2D eigenvalue weighted by atomic mass is 9.90. The van der Waals surface area contributed by atoms with E-state index in [4.69, 9.17) is 9.15 Å². The van der Waals surface area contributed by atoms with E-state index in [9.17, 15) is 9.59 Å². The van der Waals surface area contributed by atoms with E-state index in [1.165, 1.54) is 24.8 Å². The molecule has 0 radical (unpaired) electrons. The van der Waals surface area contributed by atoms with Crippen LogP contribution in [0.3, 0.4) is 0 Å². The lowest BCUT2D eigenvalue weighted by Crippen LogP contribution is -2.45. The van der Waals surface area contributed by atoms with Crippen molar-refractivity contribution in [2.45, 2.75) is 78.1 Å². The van der Waals surface area contributed by atoms with Gasteiger partial charge in [0.1, 0.15) is 5.76 Å². The molecule has 3 heterocycles. The largest absolute Gasteiger partial charge is 0.464 e. The van der Waals surface area contributed by atoms with Crippen LogP contribution < -0.4 is 10.2 Å². The van der Waals surface area contributed by atoms with Gasteiger partial charge in [-0.3, -0.25) is 9.69 Å². The van der Waals surface area contributed by atoms with Gasteiger partial charge in [0.05, 0.1) is 18.4 Å². The maximum absolute atomic E-state index is 12.4. The number of hydrogen-bond donors (Lipinski definition) is 1. The van der Waals surface area contributed by atoms with E-state index in [2.05, 4.69) is 16.3 Å². The number of likely N-dealkylation sites (tertiary alicyclic amines) is 1. The number of anilines is 1. The highest BCUT2D eigenvalue weighted by atomic mass is 16.6. The van der Waals surface area contributed by atoms with Gasteiger partial charge in [-0.25, -0.2) is 4.79 Å². The monoisotopic (exact) mass is 453 g/mol. The molecule has 0 spiro atoms. The van der Waals surface area contributed by atoms with Crippen LogP contribution in [0.1, 0.15) is 70.5 Å². The standard InChI is InChI=1S/C26H35N3O4/c1-17(2)33-26(31)27-23-12-18(3)29(19(4)30)24-9-8-21(14-22(23)24)25-13-20(16-32-25)15-28-10-6-5-7-11-28/h8-9,13-14,16-18,23H,5-7,10-12,15H2,1-4H3,(H,27,31). The summed E-state index contributed by atoms with van der Waals surface area (Å²) >= 11 is 0. The first-order chi connectivity index (χ1) is 15.8. The van der Waals surface area contributed by atoms with E-state index >= 15 is 0 Å². The highest BCUT2D eigenvalue weighted by Gasteiger charge is 2.34. The third-order valence-electron chi connectivity index (χ3n) is 6.45. The highest BCUT2D eigenvalue weighted by Crippen LogP contribution is 2.40. The van der Waals surface area contributed by atoms with Gasteiger partial charge in [0.2, 0.25) is 5.91 Å². The number of carbonyl (C=O) groups is 2. The van der Waals surface area contributed by atoms with Gasteiger partial charge in [0, 0.05) is 36.3 Å². The molecule has 2 unspecified atom stereocenters. The zero-order chi connectivity index (χ0) is 23.5. The van der Waals surface area contributed by atoms with E-state index in [-0.39, 0.29) is 24.1 Å². The molecule has 0 aliphatic carbocycles. The Morgan fingerprint density at radius 1 is 1.18 bits per heavy atom. The minimum absolute atomic E-state index is 0.0125. The van der Waals surface area contributed by atoms with Gasteiger partial charge < -0.3 is 19.4 Å². The normalized spacial score (nSPS) is 21.1. The number of fused-ring (bicyclic) bond motifs is 1. The number of alkyl carbamates (subject to hydrolysis) is 1. The topological polar surface area (TPSA) is 75.0 Å². The fraction of sp³-hybridized carbons (Fsp3) is 0.538. The van der Waals surface area contributed by atoms with Crippen molar-refractivity contribution >= 4 is 17.7 Å². The lowest BCUT2D eigenvalue weighted by molar-refractivity contribution is -0.117. The molecule has 178 valence electrons. The van der Waals surface area contributed by atoms with Crippen molar-refractivity contribution in [3.8, 4) is 11.3 Å². The minimum Gasteiger partial charge on any atom is -0.464 e. The van der Waals surface area contributed by atoms with Gasteiger partial charge >= 0.3 is 6.09 Å². The molecule has 1 aromatic heterocycles. The number of hydrogen-bond acceptors (Lipinski definition) is 5. The van der Waals surface area contributed by atoms with E-state index in [0.29, 0.717) is 6.42 Å². The molecule has 2 atom stereocenters. The molecule has 4 rings (SSSR count). The molecule has 2 amide bonds. The van der Waals surface area contributed by atoms with Crippen LogP contribution >= 0.6 is 0 Å². The zero-order valence-corrected chi connectivity index (χ0v) is 20.1. The molecule has 7 heteroatoms. The fourth-order valence-corrected chi connectivity index (χ4v) is 5.01. The van der Waals surface area contributed by atoms with Gasteiger partial charge in [-0.2, -0.15) is 0 Å². The summed E-state index contributed by atoms with van der Waals surface area (Å²) < 4.78 is 11.2. The number of nitrogens with one attached hydrogen (secondary N) is 1. The molecular formula is C26H35N3O4. The first-order valence-electron chi connectivity index (χ1n) is 12.0. The second-order valence-corrected chi connectivity index (χ2v) is 9.55. The predicted molar refractivity (Wildman–Crippen MR) is 128 cm³/mol. The van der Waals surface area contributed by atoms with Crippen LogP contribution in [-0.2, 0) is 16.1 Å². The number of carbonyl (C=O) groups excluding carboxylic acids is 2.